The minimum atomic E-state index is -0.602. The number of amides is 1. The molecular weight excluding hydrogens is 500 g/mol. The van der Waals surface area contributed by atoms with Crippen molar-refractivity contribution in [1.29, 1.82) is 0 Å². The standard InChI is InChI=1S/C25H19ClN6O3S/c26-16-8-10-18(11-9-16)32-21(12-17-13-22(33)29-24(35)27-17)30-31-25(32)36-14-23(34)28-20-7-3-5-15-4-1-2-6-19(15)20/h1-11,13H,12,14H2,(H,28,34)(H2,27,29,33,35). The second-order valence-corrected chi connectivity index (χ2v) is 9.24. The summed E-state index contributed by atoms with van der Waals surface area (Å²) in [5, 5.41) is 14.5. The van der Waals surface area contributed by atoms with E-state index < -0.39 is 11.2 Å². The van der Waals surface area contributed by atoms with E-state index in [9.17, 15) is 14.4 Å². The van der Waals surface area contributed by atoms with Gasteiger partial charge in [-0.15, -0.1) is 10.2 Å². The number of anilines is 1. The minimum absolute atomic E-state index is 0.0940. The number of nitrogens with one attached hydrogen (secondary N) is 3. The fourth-order valence-electron chi connectivity index (χ4n) is 3.79. The van der Waals surface area contributed by atoms with Crippen LogP contribution in [0.15, 0.2) is 87.5 Å². The molecule has 0 saturated heterocycles. The molecule has 36 heavy (non-hydrogen) atoms. The topological polar surface area (TPSA) is 126 Å². The fraction of sp³-hybridized carbons (Fsp3) is 0.0800. The monoisotopic (exact) mass is 518 g/mol. The van der Waals surface area contributed by atoms with Crippen molar-refractivity contribution in [2.45, 2.75) is 11.6 Å². The average molecular weight is 519 g/mol. The lowest BCUT2D eigenvalue weighted by molar-refractivity contribution is -0.113. The van der Waals surface area contributed by atoms with Gasteiger partial charge >= 0.3 is 5.69 Å². The van der Waals surface area contributed by atoms with Crippen LogP contribution in [0.25, 0.3) is 16.5 Å². The quantitative estimate of drug-likeness (QED) is 0.282. The van der Waals surface area contributed by atoms with Crippen molar-refractivity contribution in [2.24, 2.45) is 0 Å². The molecule has 0 aliphatic carbocycles. The second kappa shape index (κ2) is 10.2. The lowest BCUT2D eigenvalue weighted by Crippen LogP contribution is -2.23. The zero-order valence-electron chi connectivity index (χ0n) is 18.7. The Morgan fingerprint density at radius 1 is 0.972 bits per heavy atom. The molecule has 0 saturated carbocycles. The number of thioether (sulfide) groups is 1. The Balaban J connectivity index is 1.40. The molecule has 11 heteroatoms. The SMILES string of the molecule is O=C(CSc1nnc(Cc2cc(=O)[nH]c(=O)[nH]2)n1-c1ccc(Cl)cc1)Nc1cccc2ccccc12. The number of rotatable bonds is 7. The van der Waals surface area contributed by atoms with Gasteiger partial charge in [0.1, 0.15) is 5.82 Å². The zero-order chi connectivity index (χ0) is 25.1. The number of aromatic amines is 2. The molecule has 2 aromatic heterocycles. The molecule has 0 spiro atoms. The van der Waals surface area contributed by atoms with Crippen molar-refractivity contribution in [3.63, 3.8) is 0 Å². The van der Waals surface area contributed by atoms with Gasteiger partial charge in [0, 0.05) is 40.0 Å². The van der Waals surface area contributed by atoms with Crippen molar-refractivity contribution in [3.05, 3.63) is 110 Å². The van der Waals surface area contributed by atoms with Crippen molar-refractivity contribution >= 4 is 45.7 Å². The van der Waals surface area contributed by atoms with E-state index in [1.54, 1.807) is 28.8 Å². The van der Waals surface area contributed by atoms with Crippen molar-refractivity contribution in [3.8, 4) is 5.69 Å². The van der Waals surface area contributed by atoms with E-state index in [0.717, 1.165) is 22.1 Å². The molecule has 180 valence electrons. The number of aromatic nitrogens is 5. The van der Waals surface area contributed by atoms with Crippen LogP contribution in [0.1, 0.15) is 11.5 Å². The van der Waals surface area contributed by atoms with E-state index in [2.05, 4.69) is 25.5 Å². The summed E-state index contributed by atoms with van der Waals surface area (Å²) < 4.78 is 1.77. The van der Waals surface area contributed by atoms with Crippen LogP contribution in [0.4, 0.5) is 5.69 Å². The smallest absolute Gasteiger partial charge is 0.325 e. The summed E-state index contributed by atoms with van der Waals surface area (Å²) in [4.78, 5) is 41.0. The average Bonchev–Trinajstić information content (AvgIpc) is 3.25. The number of nitrogens with zero attached hydrogens (tertiary/aromatic N) is 3. The molecule has 9 nitrogen and oxygen atoms in total. The maximum Gasteiger partial charge on any atom is 0.325 e. The number of carbonyl (C=O) groups is 1. The Bertz CT molecular complexity index is 1640. The maximum absolute atomic E-state index is 12.8. The summed E-state index contributed by atoms with van der Waals surface area (Å²) in [5.74, 6) is 0.384. The molecule has 0 bridgehead atoms. The third-order valence-corrected chi connectivity index (χ3v) is 6.53. The largest absolute Gasteiger partial charge is 0.325 e. The summed E-state index contributed by atoms with van der Waals surface area (Å²) in [5.41, 5.74) is 0.734. The molecule has 0 fully saturated rings. The van der Waals surface area contributed by atoms with Crippen LogP contribution in [0, 0.1) is 0 Å². The van der Waals surface area contributed by atoms with Gasteiger partial charge < -0.3 is 10.3 Å². The molecule has 2 heterocycles. The van der Waals surface area contributed by atoms with Gasteiger partial charge in [-0.3, -0.25) is 19.1 Å². The Hall–Kier alpha value is -4.15. The van der Waals surface area contributed by atoms with Crippen LogP contribution in [0.2, 0.25) is 5.02 Å². The number of H-pyrrole nitrogens is 2. The van der Waals surface area contributed by atoms with Gasteiger partial charge in [-0.1, -0.05) is 59.8 Å². The maximum atomic E-state index is 12.8. The highest BCUT2D eigenvalue weighted by Gasteiger charge is 2.17. The molecule has 3 N–H and O–H groups in total. The number of halogens is 1. The van der Waals surface area contributed by atoms with E-state index >= 15 is 0 Å². The molecule has 5 rings (SSSR count). The van der Waals surface area contributed by atoms with E-state index in [1.807, 2.05) is 42.5 Å². The van der Waals surface area contributed by atoms with Crippen molar-refractivity contribution < 1.29 is 4.79 Å². The Morgan fingerprint density at radius 3 is 2.56 bits per heavy atom. The van der Waals surface area contributed by atoms with E-state index in [0.29, 0.717) is 21.7 Å². The van der Waals surface area contributed by atoms with Gasteiger partial charge in [0.2, 0.25) is 5.91 Å². The van der Waals surface area contributed by atoms with Crippen LogP contribution in [0.5, 0.6) is 0 Å². The number of benzene rings is 3. The lowest BCUT2D eigenvalue weighted by Gasteiger charge is -2.11. The first kappa shape index (κ1) is 23.6. The molecule has 0 aliphatic rings. The minimum Gasteiger partial charge on any atom is -0.325 e. The lowest BCUT2D eigenvalue weighted by atomic mass is 10.1. The first-order chi connectivity index (χ1) is 17.5. The molecule has 1 amide bonds. The van der Waals surface area contributed by atoms with Crippen molar-refractivity contribution in [2.75, 3.05) is 11.1 Å². The number of hydrogen-bond acceptors (Lipinski definition) is 6. The second-order valence-electron chi connectivity index (χ2n) is 7.86. The molecule has 0 aliphatic heterocycles. The normalized spacial score (nSPS) is 11.0. The number of carbonyl (C=O) groups excluding carboxylic acids is 1. The third-order valence-electron chi connectivity index (χ3n) is 5.35. The van der Waals surface area contributed by atoms with E-state index in [4.69, 9.17) is 11.6 Å². The van der Waals surface area contributed by atoms with Crippen molar-refractivity contribution in [1.82, 2.24) is 24.7 Å². The number of fused-ring (bicyclic) bond motifs is 1. The summed E-state index contributed by atoms with van der Waals surface area (Å²) >= 11 is 7.28. The van der Waals surface area contributed by atoms with Crippen LogP contribution in [-0.2, 0) is 11.2 Å². The molecule has 0 radical (unpaired) electrons. The predicted octanol–water partition coefficient (Wildman–Crippen LogP) is 3.77. The molecule has 3 aromatic carbocycles. The van der Waals surface area contributed by atoms with Crippen LogP contribution < -0.4 is 16.6 Å². The predicted molar refractivity (Wildman–Crippen MR) is 140 cm³/mol. The van der Waals surface area contributed by atoms with Crippen LogP contribution in [-0.4, -0.2) is 36.4 Å². The van der Waals surface area contributed by atoms with Gasteiger partial charge in [0.25, 0.3) is 5.56 Å². The first-order valence-corrected chi connectivity index (χ1v) is 12.3. The Morgan fingerprint density at radius 2 is 1.75 bits per heavy atom. The van der Waals surface area contributed by atoms with Gasteiger partial charge in [0.15, 0.2) is 5.16 Å². The summed E-state index contributed by atoms with van der Waals surface area (Å²) in [6, 6.07) is 21.9. The van der Waals surface area contributed by atoms with Crippen LogP contribution in [0.3, 0.4) is 0 Å². The Kier molecular flexibility index (Phi) is 6.70. The highest BCUT2D eigenvalue weighted by atomic mass is 35.5. The molecule has 0 atom stereocenters. The van der Waals surface area contributed by atoms with E-state index in [1.165, 1.54) is 17.8 Å². The summed E-state index contributed by atoms with van der Waals surface area (Å²) in [6.07, 6.45) is 0.150. The fourth-order valence-corrected chi connectivity index (χ4v) is 4.69. The van der Waals surface area contributed by atoms with Crippen LogP contribution >= 0.6 is 23.4 Å². The van der Waals surface area contributed by atoms with Gasteiger partial charge in [-0.2, -0.15) is 0 Å². The van der Waals surface area contributed by atoms with Gasteiger partial charge in [-0.25, -0.2) is 4.79 Å². The molecular formula is C25H19ClN6O3S. The number of hydrogen-bond donors (Lipinski definition) is 3. The first-order valence-electron chi connectivity index (χ1n) is 10.9. The highest BCUT2D eigenvalue weighted by Crippen LogP contribution is 2.26. The van der Waals surface area contributed by atoms with E-state index in [-0.39, 0.29) is 18.1 Å². The molecule has 5 aromatic rings. The molecule has 0 unspecified atom stereocenters. The van der Waals surface area contributed by atoms with Gasteiger partial charge in [0.05, 0.1) is 5.75 Å². The Labute approximate surface area is 213 Å². The zero-order valence-corrected chi connectivity index (χ0v) is 20.3. The van der Waals surface area contributed by atoms with Gasteiger partial charge in [-0.05, 0) is 35.7 Å². The highest BCUT2D eigenvalue weighted by molar-refractivity contribution is 7.99. The third kappa shape index (κ3) is 5.24. The summed E-state index contributed by atoms with van der Waals surface area (Å²) in [6.45, 7) is 0. The summed E-state index contributed by atoms with van der Waals surface area (Å²) in [7, 11) is 0.